The van der Waals surface area contributed by atoms with Gasteiger partial charge in [-0.05, 0) is 12.1 Å². The Kier molecular flexibility index (Phi) is 4.24. The molecule has 0 amide bonds. The maximum absolute atomic E-state index is 11.1. The van der Waals surface area contributed by atoms with Gasteiger partial charge in [0, 0.05) is 11.5 Å². The molecule has 1 aliphatic heterocycles. The average Bonchev–Trinajstić information content (AvgIpc) is 2.56. The third kappa shape index (κ3) is 2.85. The van der Waals surface area contributed by atoms with Crippen molar-refractivity contribution in [2.45, 2.75) is 30.7 Å². The molecule has 1 aliphatic rings. The van der Waals surface area contributed by atoms with Crippen molar-refractivity contribution in [3.63, 3.8) is 0 Å². The molecule has 24 heavy (non-hydrogen) atoms. The highest BCUT2D eigenvalue weighted by molar-refractivity contribution is 5.84. The molecule has 3 rings (SSSR count). The first kappa shape index (κ1) is 16.4. The zero-order valence-electron chi connectivity index (χ0n) is 12.2. The monoisotopic (exact) mass is 337 g/mol. The summed E-state index contributed by atoms with van der Waals surface area (Å²) in [4.78, 5) is 15.1. The predicted octanol–water partition coefficient (Wildman–Crippen LogP) is -0.789. The number of phenols is 1. The number of carboxylic acids is 1. The van der Waals surface area contributed by atoms with Crippen molar-refractivity contribution in [1.82, 2.24) is 4.98 Å². The first-order valence-electron chi connectivity index (χ1n) is 7.06. The molecule has 9 heteroatoms. The van der Waals surface area contributed by atoms with Gasteiger partial charge in [-0.15, -0.1) is 0 Å². The number of phenolic OH excluding ortho intramolecular Hbond substituents is 1. The number of fused-ring (bicyclic) bond motifs is 1. The Labute approximate surface area is 135 Å². The first-order chi connectivity index (χ1) is 11.4. The lowest BCUT2D eigenvalue weighted by molar-refractivity contribution is -0.271. The van der Waals surface area contributed by atoms with E-state index < -0.39 is 36.7 Å². The molecular weight excluding hydrogens is 322 g/mol. The Bertz CT molecular complexity index is 766. The molecule has 1 aromatic heterocycles. The van der Waals surface area contributed by atoms with Gasteiger partial charge in [0.25, 0.3) is 0 Å². The van der Waals surface area contributed by atoms with Crippen LogP contribution in [0.2, 0.25) is 0 Å². The van der Waals surface area contributed by atoms with E-state index in [2.05, 4.69) is 4.98 Å². The topological polar surface area (TPSA) is 150 Å². The molecule has 5 unspecified atom stereocenters. The molecule has 2 aromatic rings. The van der Waals surface area contributed by atoms with E-state index in [0.717, 1.165) is 0 Å². The molecule has 128 valence electrons. The minimum absolute atomic E-state index is 0.0548. The number of aliphatic hydroxyl groups is 3. The van der Waals surface area contributed by atoms with Crippen molar-refractivity contribution in [2.24, 2.45) is 0 Å². The summed E-state index contributed by atoms with van der Waals surface area (Å²) >= 11 is 0. The summed E-state index contributed by atoms with van der Waals surface area (Å²) in [6.07, 6.45) is -8.57. The standard InChI is InChI=1S/C15H15NO8/c17-7-3-1-2-6-4-5-8(16-9(6)7)23-15-12(20)10(18)11(19)13(24-15)14(21)22/h1-5,10-13,15,17-20H,(H,21,22). The van der Waals surface area contributed by atoms with Crippen LogP contribution in [0.5, 0.6) is 11.6 Å². The van der Waals surface area contributed by atoms with Crippen molar-refractivity contribution in [2.75, 3.05) is 0 Å². The Morgan fingerprint density at radius 2 is 1.83 bits per heavy atom. The van der Waals surface area contributed by atoms with Crippen LogP contribution in [-0.2, 0) is 9.53 Å². The summed E-state index contributed by atoms with van der Waals surface area (Å²) in [7, 11) is 0. The third-order valence-electron chi connectivity index (χ3n) is 3.72. The second-order valence-corrected chi connectivity index (χ2v) is 5.35. The fourth-order valence-electron chi connectivity index (χ4n) is 2.45. The molecule has 1 aromatic carbocycles. The van der Waals surface area contributed by atoms with Gasteiger partial charge in [0.15, 0.2) is 6.10 Å². The van der Waals surface area contributed by atoms with E-state index in [1.165, 1.54) is 12.1 Å². The van der Waals surface area contributed by atoms with Gasteiger partial charge >= 0.3 is 5.97 Å². The van der Waals surface area contributed by atoms with Crippen molar-refractivity contribution in [3.8, 4) is 11.6 Å². The Morgan fingerprint density at radius 1 is 1.08 bits per heavy atom. The molecule has 1 saturated heterocycles. The van der Waals surface area contributed by atoms with Gasteiger partial charge in [-0.2, -0.15) is 0 Å². The normalized spacial score (nSPS) is 30.2. The maximum atomic E-state index is 11.1. The molecule has 5 N–H and O–H groups in total. The van der Waals surface area contributed by atoms with Gasteiger partial charge < -0.3 is 35.0 Å². The number of nitrogens with zero attached hydrogens (tertiary/aromatic N) is 1. The number of ether oxygens (including phenoxy) is 2. The summed E-state index contributed by atoms with van der Waals surface area (Å²) < 4.78 is 10.3. The van der Waals surface area contributed by atoms with E-state index in [1.807, 2.05) is 0 Å². The van der Waals surface area contributed by atoms with E-state index in [9.17, 15) is 25.2 Å². The second kappa shape index (κ2) is 6.21. The number of aromatic hydroxyl groups is 1. The van der Waals surface area contributed by atoms with Crippen LogP contribution < -0.4 is 4.74 Å². The molecule has 0 spiro atoms. The number of benzene rings is 1. The fourth-order valence-corrected chi connectivity index (χ4v) is 2.45. The van der Waals surface area contributed by atoms with Crippen LogP contribution in [0.4, 0.5) is 0 Å². The smallest absolute Gasteiger partial charge is 0.335 e. The van der Waals surface area contributed by atoms with Crippen LogP contribution >= 0.6 is 0 Å². The van der Waals surface area contributed by atoms with Crippen LogP contribution in [0.15, 0.2) is 30.3 Å². The van der Waals surface area contributed by atoms with Gasteiger partial charge in [0.05, 0.1) is 0 Å². The van der Waals surface area contributed by atoms with Crippen LogP contribution in [0, 0.1) is 0 Å². The van der Waals surface area contributed by atoms with Crippen LogP contribution in [-0.4, -0.2) is 67.2 Å². The highest BCUT2D eigenvalue weighted by atomic mass is 16.7. The minimum atomic E-state index is -1.80. The highest BCUT2D eigenvalue weighted by Crippen LogP contribution is 2.27. The van der Waals surface area contributed by atoms with Crippen LogP contribution in [0.3, 0.4) is 0 Å². The number of para-hydroxylation sites is 1. The van der Waals surface area contributed by atoms with Gasteiger partial charge in [0.2, 0.25) is 12.2 Å². The minimum Gasteiger partial charge on any atom is -0.506 e. The van der Waals surface area contributed by atoms with Crippen LogP contribution in [0.25, 0.3) is 10.9 Å². The molecule has 0 saturated carbocycles. The zero-order chi connectivity index (χ0) is 17.4. The Balaban J connectivity index is 1.86. The van der Waals surface area contributed by atoms with E-state index in [0.29, 0.717) is 5.39 Å². The van der Waals surface area contributed by atoms with Crippen LogP contribution in [0.1, 0.15) is 0 Å². The Hall–Kier alpha value is -2.46. The quantitative estimate of drug-likeness (QED) is 0.485. The molecule has 1 fully saturated rings. The molecule has 0 aliphatic carbocycles. The highest BCUT2D eigenvalue weighted by Gasteiger charge is 2.48. The lowest BCUT2D eigenvalue weighted by atomic mass is 9.99. The number of rotatable bonds is 3. The second-order valence-electron chi connectivity index (χ2n) is 5.35. The zero-order valence-corrected chi connectivity index (χ0v) is 12.2. The van der Waals surface area contributed by atoms with E-state index >= 15 is 0 Å². The average molecular weight is 337 g/mol. The molecule has 0 bridgehead atoms. The first-order valence-corrected chi connectivity index (χ1v) is 7.06. The summed E-state index contributed by atoms with van der Waals surface area (Å²) in [5.74, 6) is -1.64. The van der Waals surface area contributed by atoms with Crippen molar-refractivity contribution < 1.29 is 39.8 Å². The lowest BCUT2D eigenvalue weighted by Gasteiger charge is -2.38. The summed E-state index contributed by atoms with van der Waals surface area (Å²) in [6.45, 7) is 0. The largest absolute Gasteiger partial charge is 0.506 e. The molecule has 5 atom stereocenters. The number of aliphatic hydroxyl groups excluding tert-OH is 3. The number of aromatic nitrogens is 1. The number of hydrogen-bond donors (Lipinski definition) is 5. The van der Waals surface area contributed by atoms with Crippen molar-refractivity contribution >= 4 is 16.9 Å². The van der Waals surface area contributed by atoms with Gasteiger partial charge in [-0.3, -0.25) is 0 Å². The lowest BCUT2D eigenvalue weighted by Crippen LogP contribution is -2.61. The van der Waals surface area contributed by atoms with Gasteiger partial charge in [-0.25, -0.2) is 9.78 Å². The van der Waals surface area contributed by atoms with Crippen molar-refractivity contribution in [3.05, 3.63) is 30.3 Å². The predicted molar refractivity (Wildman–Crippen MR) is 78.4 cm³/mol. The molecule has 2 heterocycles. The Morgan fingerprint density at radius 3 is 2.54 bits per heavy atom. The van der Waals surface area contributed by atoms with E-state index in [4.69, 9.17) is 14.6 Å². The van der Waals surface area contributed by atoms with E-state index in [1.54, 1.807) is 18.2 Å². The summed E-state index contributed by atoms with van der Waals surface area (Å²) in [5, 5.41) is 48.7. The summed E-state index contributed by atoms with van der Waals surface area (Å²) in [5.41, 5.74) is 0.246. The molecule has 9 nitrogen and oxygen atoms in total. The number of hydrogen-bond acceptors (Lipinski definition) is 8. The number of carboxylic acid groups (broad SMARTS) is 1. The summed E-state index contributed by atoms with van der Waals surface area (Å²) in [6, 6.07) is 7.84. The molecular formula is C15H15NO8. The number of carbonyl (C=O) groups is 1. The van der Waals surface area contributed by atoms with Crippen molar-refractivity contribution in [1.29, 1.82) is 0 Å². The van der Waals surface area contributed by atoms with E-state index in [-0.39, 0.29) is 17.1 Å². The number of aliphatic carboxylic acids is 1. The maximum Gasteiger partial charge on any atom is 0.335 e. The van der Waals surface area contributed by atoms with Gasteiger partial charge in [-0.1, -0.05) is 12.1 Å². The SMILES string of the molecule is O=C(O)C1OC(Oc2ccc3cccc(O)c3n2)C(O)C(O)C1O. The fraction of sp³-hybridized carbons (Fsp3) is 0.333. The number of pyridine rings is 1. The third-order valence-corrected chi connectivity index (χ3v) is 3.72. The van der Waals surface area contributed by atoms with Gasteiger partial charge in [0.1, 0.15) is 29.6 Å². The molecule has 0 radical (unpaired) electrons.